The number of carbonyl (C=O) groups excluding carboxylic acids is 1. The van der Waals surface area contributed by atoms with Crippen LogP contribution in [0, 0.1) is 5.92 Å². The minimum atomic E-state index is 0.154. The Hall–Kier alpha value is -1.72. The van der Waals surface area contributed by atoms with Crippen LogP contribution in [0.3, 0.4) is 0 Å². The molecule has 23 heavy (non-hydrogen) atoms. The zero-order chi connectivity index (χ0) is 15.6. The first-order chi connectivity index (χ1) is 11.3. The van der Waals surface area contributed by atoms with Crippen molar-refractivity contribution in [2.45, 2.75) is 25.4 Å². The third-order valence-corrected chi connectivity index (χ3v) is 5.74. The van der Waals surface area contributed by atoms with Crippen LogP contribution in [0.25, 0.3) is 0 Å². The monoisotopic (exact) mass is 327 g/mol. The van der Waals surface area contributed by atoms with E-state index in [1.54, 1.807) is 23.7 Å². The highest BCUT2D eigenvalue weighted by Gasteiger charge is 2.36. The molecule has 0 aromatic carbocycles. The quantitative estimate of drug-likeness (QED) is 0.870. The Bertz CT molecular complexity index is 658. The lowest BCUT2D eigenvalue weighted by atomic mass is 9.95. The minimum Gasteiger partial charge on any atom is -0.337 e. The Morgan fingerprint density at radius 3 is 2.83 bits per heavy atom. The van der Waals surface area contributed by atoms with Gasteiger partial charge < -0.3 is 4.90 Å². The van der Waals surface area contributed by atoms with Gasteiger partial charge in [0.2, 0.25) is 0 Å². The average Bonchev–Trinajstić information content (AvgIpc) is 2.93. The highest BCUT2D eigenvalue weighted by atomic mass is 32.1. The molecule has 5 heterocycles. The predicted octanol–water partition coefficient (Wildman–Crippen LogP) is 2.88. The lowest BCUT2D eigenvalue weighted by Gasteiger charge is -2.35. The second kappa shape index (κ2) is 6.42. The van der Waals surface area contributed by atoms with E-state index in [-0.39, 0.29) is 5.91 Å². The van der Waals surface area contributed by atoms with Gasteiger partial charge in [0.25, 0.3) is 5.91 Å². The van der Waals surface area contributed by atoms with Crippen LogP contribution in [-0.4, -0.2) is 46.4 Å². The van der Waals surface area contributed by atoms with Crippen LogP contribution >= 0.6 is 11.3 Å². The van der Waals surface area contributed by atoms with Crippen LogP contribution in [0.4, 0.5) is 0 Å². The van der Waals surface area contributed by atoms with Crippen LogP contribution in [0.15, 0.2) is 41.4 Å². The second-order valence-corrected chi connectivity index (χ2v) is 7.38. The van der Waals surface area contributed by atoms with Gasteiger partial charge in [0, 0.05) is 50.2 Å². The van der Waals surface area contributed by atoms with E-state index in [4.69, 9.17) is 0 Å². The van der Waals surface area contributed by atoms with Gasteiger partial charge in [-0.25, -0.2) is 0 Å². The van der Waals surface area contributed by atoms with Gasteiger partial charge in [-0.3, -0.25) is 14.7 Å². The largest absolute Gasteiger partial charge is 0.337 e. The van der Waals surface area contributed by atoms with Crippen LogP contribution in [0.2, 0.25) is 0 Å². The summed E-state index contributed by atoms with van der Waals surface area (Å²) >= 11 is 1.76. The van der Waals surface area contributed by atoms with Crippen molar-refractivity contribution < 1.29 is 4.79 Å². The van der Waals surface area contributed by atoms with Gasteiger partial charge in [0.15, 0.2) is 0 Å². The maximum atomic E-state index is 12.8. The molecule has 1 amide bonds. The molecule has 5 rings (SSSR count). The molecule has 0 N–H and O–H groups in total. The highest BCUT2D eigenvalue weighted by molar-refractivity contribution is 7.07. The third-order valence-electron chi connectivity index (χ3n) is 5.01. The lowest BCUT2D eigenvalue weighted by molar-refractivity contribution is 0.0736. The molecule has 0 radical (unpaired) electrons. The lowest BCUT2D eigenvalue weighted by Crippen LogP contribution is -2.43. The standard InChI is InChI=1S/C18H21N3OS/c22-18(16-3-6-19-7-4-16)21-10-14-1-2-17(12-21)20(9-14)11-15-5-8-23-13-15/h3-8,13-14,17H,1-2,9-12H2/t14-,17-/m1/s1. The zero-order valence-electron chi connectivity index (χ0n) is 13.1. The summed E-state index contributed by atoms with van der Waals surface area (Å²) in [6, 6.07) is 6.33. The first kappa shape index (κ1) is 14.8. The summed E-state index contributed by atoms with van der Waals surface area (Å²) in [5.41, 5.74) is 2.15. The van der Waals surface area contributed by atoms with E-state index < -0.39 is 0 Å². The van der Waals surface area contributed by atoms with E-state index in [0.717, 1.165) is 31.7 Å². The Labute approximate surface area is 140 Å². The first-order valence-electron chi connectivity index (χ1n) is 8.24. The van der Waals surface area contributed by atoms with Crippen LogP contribution < -0.4 is 0 Å². The molecule has 2 atom stereocenters. The number of carbonyl (C=O) groups is 1. The molecule has 3 aliphatic heterocycles. The predicted molar refractivity (Wildman–Crippen MR) is 91.4 cm³/mol. The van der Waals surface area contributed by atoms with Gasteiger partial charge in [0.05, 0.1) is 0 Å². The van der Waals surface area contributed by atoms with Gasteiger partial charge >= 0.3 is 0 Å². The molecule has 2 aromatic heterocycles. The molecular weight excluding hydrogens is 306 g/mol. The Morgan fingerprint density at radius 2 is 2.04 bits per heavy atom. The zero-order valence-corrected chi connectivity index (χ0v) is 13.9. The maximum Gasteiger partial charge on any atom is 0.254 e. The summed E-state index contributed by atoms with van der Waals surface area (Å²) in [7, 11) is 0. The van der Waals surface area contributed by atoms with Gasteiger partial charge in [-0.15, -0.1) is 0 Å². The van der Waals surface area contributed by atoms with Crippen molar-refractivity contribution in [1.82, 2.24) is 14.8 Å². The summed E-state index contributed by atoms with van der Waals surface area (Å²) in [6.07, 6.45) is 5.84. The molecule has 3 saturated heterocycles. The van der Waals surface area contributed by atoms with E-state index in [0.29, 0.717) is 12.0 Å². The number of fused-ring (bicyclic) bond motifs is 4. The van der Waals surface area contributed by atoms with Gasteiger partial charge in [0.1, 0.15) is 0 Å². The number of amides is 1. The number of aromatic nitrogens is 1. The SMILES string of the molecule is O=C(c1ccncc1)N1C[C@@H]2CC[C@H](C1)N(Cc1ccsc1)C2. The third kappa shape index (κ3) is 3.16. The number of pyridine rings is 1. The van der Waals surface area contributed by atoms with Gasteiger partial charge in [-0.2, -0.15) is 11.3 Å². The molecule has 5 heteroatoms. The summed E-state index contributed by atoms with van der Waals surface area (Å²) in [5.74, 6) is 0.750. The molecule has 0 saturated carbocycles. The van der Waals surface area contributed by atoms with E-state index in [2.05, 4.69) is 31.6 Å². The first-order valence-corrected chi connectivity index (χ1v) is 9.18. The van der Waals surface area contributed by atoms with E-state index in [1.165, 1.54) is 18.4 Å². The summed E-state index contributed by atoms with van der Waals surface area (Å²) in [6.45, 7) is 3.86. The molecule has 0 spiro atoms. The van der Waals surface area contributed by atoms with Crippen LogP contribution in [-0.2, 0) is 6.54 Å². The van der Waals surface area contributed by atoms with Crippen molar-refractivity contribution in [2.24, 2.45) is 5.92 Å². The Balaban J connectivity index is 1.50. The maximum absolute atomic E-state index is 12.8. The smallest absolute Gasteiger partial charge is 0.254 e. The minimum absolute atomic E-state index is 0.154. The number of rotatable bonds is 3. The Kier molecular flexibility index (Phi) is 4.14. The van der Waals surface area contributed by atoms with Crippen molar-refractivity contribution in [1.29, 1.82) is 0 Å². The van der Waals surface area contributed by atoms with E-state index in [9.17, 15) is 4.79 Å². The normalized spacial score (nSPS) is 24.6. The fourth-order valence-corrected chi connectivity index (χ4v) is 4.49. The van der Waals surface area contributed by atoms with Crippen molar-refractivity contribution in [3.05, 3.63) is 52.5 Å². The summed E-state index contributed by atoms with van der Waals surface area (Å²) in [5, 5.41) is 4.38. The molecule has 2 aromatic rings. The molecule has 3 aliphatic rings. The second-order valence-electron chi connectivity index (χ2n) is 6.60. The molecule has 3 fully saturated rings. The van der Waals surface area contributed by atoms with Crippen molar-refractivity contribution in [3.8, 4) is 0 Å². The summed E-state index contributed by atoms with van der Waals surface area (Å²) < 4.78 is 0. The van der Waals surface area contributed by atoms with Crippen LogP contribution in [0.5, 0.6) is 0 Å². The number of nitrogens with zero attached hydrogens (tertiary/aromatic N) is 3. The number of thiophene rings is 1. The molecule has 120 valence electrons. The Morgan fingerprint density at radius 1 is 1.17 bits per heavy atom. The van der Waals surface area contributed by atoms with E-state index in [1.807, 2.05) is 12.1 Å². The van der Waals surface area contributed by atoms with Gasteiger partial charge in [-0.1, -0.05) is 0 Å². The van der Waals surface area contributed by atoms with Crippen molar-refractivity contribution in [3.63, 3.8) is 0 Å². The molecule has 0 unspecified atom stereocenters. The number of piperidine rings is 1. The molecule has 2 bridgehead atoms. The van der Waals surface area contributed by atoms with Gasteiger partial charge in [-0.05, 0) is 53.3 Å². The topological polar surface area (TPSA) is 36.4 Å². The van der Waals surface area contributed by atoms with Crippen molar-refractivity contribution in [2.75, 3.05) is 19.6 Å². The molecular formula is C18H21N3OS. The average molecular weight is 327 g/mol. The number of hydrogen-bond donors (Lipinski definition) is 0. The fourth-order valence-electron chi connectivity index (χ4n) is 3.83. The molecule has 0 aliphatic carbocycles. The fraction of sp³-hybridized carbons (Fsp3) is 0.444. The van der Waals surface area contributed by atoms with Crippen molar-refractivity contribution >= 4 is 17.2 Å². The highest BCUT2D eigenvalue weighted by Crippen LogP contribution is 2.30. The molecule has 4 nitrogen and oxygen atoms in total. The number of hydrogen-bond acceptors (Lipinski definition) is 4. The van der Waals surface area contributed by atoms with Crippen LogP contribution in [0.1, 0.15) is 28.8 Å². The van der Waals surface area contributed by atoms with E-state index >= 15 is 0 Å². The summed E-state index contributed by atoms with van der Waals surface area (Å²) in [4.78, 5) is 21.4.